The van der Waals surface area contributed by atoms with Gasteiger partial charge in [0.15, 0.2) is 0 Å². The van der Waals surface area contributed by atoms with Crippen LogP contribution in [-0.4, -0.2) is 24.1 Å². The molecule has 0 atom stereocenters. The van der Waals surface area contributed by atoms with E-state index in [2.05, 4.69) is 9.47 Å². The zero-order valence-electron chi connectivity index (χ0n) is 9.01. The fourth-order valence-corrected chi connectivity index (χ4v) is 1.24. The number of ether oxygens (including phenoxy) is 2. The molecule has 7 nitrogen and oxygen atoms in total. The lowest BCUT2D eigenvalue weighted by molar-refractivity contribution is -0.384. The molecular weight excluding hydrogens is 287 g/mol. The van der Waals surface area contributed by atoms with Crippen LogP contribution < -0.4 is 0 Å². The second-order valence-corrected chi connectivity index (χ2v) is 3.21. The Balaban J connectivity index is 0.00000289. The lowest BCUT2D eigenvalue weighted by Crippen LogP contribution is -2.12. The Hall–Kier alpha value is -1.86. The molecule has 0 saturated carbocycles. The lowest BCUT2D eigenvalue weighted by atomic mass is 10.2. The van der Waals surface area contributed by atoms with Gasteiger partial charge in [-0.3, -0.25) is 15.5 Å². The predicted molar refractivity (Wildman–Crippen MR) is 65.7 cm³/mol. The molecule has 1 N–H and O–H groups in total. The number of nitrogens with zero attached hydrogens (tertiary/aromatic N) is 1. The predicted octanol–water partition coefficient (Wildman–Crippen LogP) is 2.78. The molecule has 0 saturated heterocycles. The summed E-state index contributed by atoms with van der Waals surface area (Å²) in [5.41, 5.74) is -0.160. The molecule has 0 radical (unpaired) electrons. The minimum atomic E-state index is -1.07. The van der Waals surface area contributed by atoms with Gasteiger partial charge in [-0.1, -0.05) is 11.6 Å². The molecule has 0 fully saturated rings. The molecule has 0 heterocycles. The van der Waals surface area contributed by atoms with Gasteiger partial charge in [-0.05, 0) is 6.07 Å². The van der Waals surface area contributed by atoms with Crippen molar-refractivity contribution in [3.8, 4) is 0 Å². The largest absolute Gasteiger partial charge is 0.514 e. The maximum Gasteiger partial charge on any atom is 0.514 e. The zero-order chi connectivity index (χ0) is 13.0. The standard InChI is InChI=1S/C9H7ClN2O5.ClH/c1-16-9(13)17-8(11)6-3-2-5(12(14)15)4-7(6)10;/h2-4,11H,1H3;1H. The summed E-state index contributed by atoms with van der Waals surface area (Å²) < 4.78 is 8.63. The molecule has 1 aromatic rings. The Morgan fingerprint density at radius 3 is 2.56 bits per heavy atom. The van der Waals surface area contributed by atoms with E-state index in [1.54, 1.807) is 0 Å². The summed E-state index contributed by atoms with van der Waals surface area (Å²) in [6.07, 6.45) is -1.07. The molecule has 9 heteroatoms. The summed E-state index contributed by atoms with van der Waals surface area (Å²) in [6.45, 7) is 0. The molecule has 0 aliphatic heterocycles. The SMILES string of the molecule is COC(=O)OC(=N)c1ccc([N+](=O)[O-])cc1Cl.Cl. The van der Waals surface area contributed by atoms with Crippen molar-refractivity contribution in [2.24, 2.45) is 0 Å². The van der Waals surface area contributed by atoms with Gasteiger partial charge >= 0.3 is 6.16 Å². The highest BCUT2D eigenvalue weighted by Crippen LogP contribution is 2.23. The molecule has 0 aromatic heterocycles. The van der Waals surface area contributed by atoms with Gasteiger partial charge in [0.05, 0.1) is 22.6 Å². The van der Waals surface area contributed by atoms with Crippen LogP contribution in [0.4, 0.5) is 10.5 Å². The third-order valence-electron chi connectivity index (χ3n) is 1.76. The number of carbonyl (C=O) groups excluding carboxylic acids is 1. The molecule has 1 rings (SSSR count). The van der Waals surface area contributed by atoms with E-state index < -0.39 is 17.0 Å². The second kappa shape index (κ2) is 6.77. The first-order valence-corrected chi connectivity index (χ1v) is 4.62. The van der Waals surface area contributed by atoms with E-state index in [4.69, 9.17) is 17.0 Å². The van der Waals surface area contributed by atoms with Crippen molar-refractivity contribution in [2.45, 2.75) is 0 Å². The van der Waals surface area contributed by atoms with E-state index in [0.717, 1.165) is 19.2 Å². The number of non-ortho nitro benzene ring substituents is 1. The monoisotopic (exact) mass is 294 g/mol. The van der Waals surface area contributed by atoms with Crippen molar-refractivity contribution in [2.75, 3.05) is 7.11 Å². The van der Waals surface area contributed by atoms with Gasteiger partial charge in [-0.2, -0.15) is 0 Å². The molecular formula is C9H8Cl2N2O5. The molecule has 0 bridgehead atoms. The molecule has 0 amide bonds. The third kappa shape index (κ3) is 3.86. The lowest BCUT2D eigenvalue weighted by Gasteiger charge is -2.05. The fourth-order valence-electron chi connectivity index (χ4n) is 0.982. The highest BCUT2D eigenvalue weighted by Gasteiger charge is 2.16. The minimum Gasteiger partial charge on any atom is -0.437 e. The topological polar surface area (TPSA) is 103 Å². The third-order valence-corrected chi connectivity index (χ3v) is 2.07. The number of carbonyl (C=O) groups is 1. The maximum absolute atomic E-state index is 10.7. The van der Waals surface area contributed by atoms with Crippen LogP contribution in [0.15, 0.2) is 18.2 Å². The van der Waals surface area contributed by atoms with Gasteiger partial charge in [0.25, 0.3) is 5.69 Å². The molecule has 0 aliphatic carbocycles. The second-order valence-electron chi connectivity index (χ2n) is 2.81. The van der Waals surface area contributed by atoms with Crippen molar-refractivity contribution in [1.82, 2.24) is 0 Å². The average Bonchev–Trinajstić information content (AvgIpc) is 2.28. The summed E-state index contributed by atoms with van der Waals surface area (Å²) in [5.74, 6) is -0.545. The number of hydrogen-bond donors (Lipinski definition) is 1. The highest BCUT2D eigenvalue weighted by atomic mass is 35.5. The first-order valence-electron chi connectivity index (χ1n) is 4.24. The van der Waals surface area contributed by atoms with Gasteiger partial charge in [0.1, 0.15) is 0 Å². The van der Waals surface area contributed by atoms with E-state index in [1.807, 2.05) is 0 Å². The van der Waals surface area contributed by atoms with E-state index >= 15 is 0 Å². The van der Waals surface area contributed by atoms with Crippen molar-refractivity contribution in [1.29, 1.82) is 5.41 Å². The summed E-state index contributed by atoms with van der Waals surface area (Å²) in [7, 11) is 1.09. The zero-order valence-corrected chi connectivity index (χ0v) is 10.6. The maximum atomic E-state index is 10.7. The first kappa shape index (κ1) is 16.1. The average molecular weight is 295 g/mol. The highest BCUT2D eigenvalue weighted by molar-refractivity contribution is 6.34. The Bertz CT molecular complexity index is 492. The van der Waals surface area contributed by atoms with Crippen molar-refractivity contribution >= 4 is 41.7 Å². The Kier molecular flexibility index (Phi) is 6.07. The van der Waals surface area contributed by atoms with E-state index in [-0.39, 0.29) is 28.7 Å². The van der Waals surface area contributed by atoms with Crippen LogP contribution in [0.3, 0.4) is 0 Å². The van der Waals surface area contributed by atoms with E-state index in [1.165, 1.54) is 6.07 Å². The Morgan fingerprint density at radius 1 is 1.50 bits per heavy atom. The van der Waals surface area contributed by atoms with Crippen LogP contribution in [0.5, 0.6) is 0 Å². The van der Waals surface area contributed by atoms with Gasteiger partial charge in [-0.15, -0.1) is 12.4 Å². The van der Waals surface area contributed by atoms with Crippen molar-refractivity contribution < 1.29 is 19.2 Å². The number of halogens is 2. The van der Waals surface area contributed by atoms with Gasteiger partial charge in [0, 0.05) is 12.1 Å². The van der Waals surface area contributed by atoms with Crippen LogP contribution in [0.25, 0.3) is 0 Å². The molecule has 0 unspecified atom stereocenters. The van der Waals surface area contributed by atoms with Crippen LogP contribution in [-0.2, 0) is 9.47 Å². The fraction of sp³-hybridized carbons (Fsp3) is 0.111. The van der Waals surface area contributed by atoms with Crippen LogP contribution in [0.1, 0.15) is 5.56 Å². The number of benzene rings is 1. The van der Waals surface area contributed by atoms with Crippen LogP contribution >= 0.6 is 24.0 Å². The van der Waals surface area contributed by atoms with E-state index in [0.29, 0.717) is 0 Å². The molecule has 0 aliphatic rings. The smallest absolute Gasteiger partial charge is 0.437 e. The van der Waals surface area contributed by atoms with Crippen molar-refractivity contribution in [3.63, 3.8) is 0 Å². The molecule has 18 heavy (non-hydrogen) atoms. The van der Waals surface area contributed by atoms with Crippen LogP contribution in [0.2, 0.25) is 5.02 Å². The Morgan fingerprint density at radius 2 is 2.11 bits per heavy atom. The van der Waals surface area contributed by atoms with E-state index in [9.17, 15) is 14.9 Å². The number of nitrogens with one attached hydrogen (secondary N) is 1. The molecule has 0 spiro atoms. The summed E-state index contributed by atoms with van der Waals surface area (Å²) in [6, 6.07) is 3.42. The van der Waals surface area contributed by atoms with Gasteiger partial charge < -0.3 is 9.47 Å². The molecule has 98 valence electrons. The van der Waals surface area contributed by atoms with Gasteiger partial charge in [0.2, 0.25) is 5.90 Å². The minimum absolute atomic E-state index is 0. The number of nitro groups is 1. The van der Waals surface area contributed by atoms with Crippen molar-refractivity contribution in [3.05, 3.63) is 38.9 Å². The normalized spacial score (nSPS) is 9.00. The quantitative estimate of drug-likeness (QED) is 0.297. The number of methoxy groups -OCH3 is 1. The summed E-state index contributed by atoms with van der Waals surface area (Å²) in [4.78, 5) is 20.6. The summed E-state index contributed by atoms with van der Waals surface area (Å²) in [5, 5.41) is 17.8. The first-order chi connectivity index (χ1) is 7.95. The number of rotatable bonds is 2. The summed E-state index contributed by atoms with van der Waals surface area (Å²) >= 11 is 5.72. The van der Waals surface area contributed by atoms with Crippen LogP contribution in [0, 0.1) is 15.5 Å². The number of nitro benzene ring substituents is 1. The Labute approximate surface area is 113 Å². The van der Waals surface area contributed by atoms with Gasteiger partial charge in [-0.25, -0.2) is 4.79 Å². The molecule has 1 aromatic carbocycles. The number of hydrogen-bond acceptors (Lipinski definition) is 6.